The SMILES string of the molecule is COc1ncc(-c2ccc3ncc(F)c(N4CCNCC4)c3c2)cc1NS(=O)(=O)c1c(F)cccc1F.O=C(O)C(F)(F)F. The summed E-state index contributed by atoms with van der Waals surface area (Å²) >= 11 is 0. The molecular formula is C27H23F6N5O5S. The predicted octanol–water partition coefficient (Wildman–Crippen LogP) is 4.57. The van der Waals surface area contributed by atoms with Gasteiger partial charge in [0, 0.05) is 43.3 Å². The van der Waals surface area contributed by atoms with Crippen molar-refractivity contribution in [3.63, 3.8) is 0 Å². The van der Waals surface area contributed by atoms with E-state index in [-0.39, 0.29) is 11.6 Å². The Hall–Kier alpha value is -4.64. The number of sulfonamides is 1. The van der Waals surface area contributed by atoms with E-state index in [0.717, 1.165) is 31.3 Å². The number of nitrogens with zero attached hydrogens (tertiary/aromatic N) is 3. The summed E-state index contributed by atoms with van der Waals surface area (Å²) in [4.78, 5) is 18.1. The Morgan fingerprint density at radius 1 is 0.977 bits per heavy atom. The molecule has 17 heteroatoms. The van der Waals surface area contributed by atoms with Gasteiger partial charge in [-0.05, 0) is 35.9 Å². The van der Waals surface area contributed by atoms with E-state index in [2.05, 4.69) is 20.0 Å². The maximum Gasteiger partial charge on any atom is 0.490 e. The molecule has 1 fully saturated rings. The lowest BCUT2D eigenvalue weighted by molar-refractivity contribution is -0.192. The standard InChI is InChI=1S/C25H22F3N5O3S.C2HF3O2/c1-36-25-22(32-37(34,35)24-18(26)3-2-4-19(24)27)12-16(13-31-25)15-5-6-21-17(11-15)23(20(28)14-30-21)33-9-7-29-8-10-33;3-2(4,5)1(6)7/h2-6,11-14,29,32H,7-10H2,1H3;(H,6,7). The number of ether oxygens (including phenoxy) is 1. The molecule has 0 aliphatic carbocycles. The zero-order chi connectivity index (χ0) is 32.2. The maximum absolute atomic E-state index is 14.9. The first-order valence-corrected chi connectivity index (χ1v) is 14.1. The van der Waals surface area contributed by atoms with E-state index in [4.69, 9.17) is 14.6 Å². The van der Waals surface area contributed by atoms with Crippen molar-refractivity contribution in [3.05, 3.63) is 72.3 Å². The van der Waals surface area contributed by atoms with Crippen molar-refractivity contribution in [1.29, 1.82) is 0 Å². The monoisotopic (exact) mass is 643 g/mol. The predicted molar refractivity (Wildman–Crippen MR) is 147 cm³/mol. The number of hydrogen-bond acceptors (Lipinski definition) is 8. The number of nitrogens with one attached hydrogen (secondary N) is 2. The largest absolute Gasteiger partial charge is 0.490 e. The van der Waals surface area contributed by atoms with Crippen LogP contribution in [0.2, 0.25) is 0 Å². The summed E-state index contributed by atoms with van der Waals surface area (Å²) in [5.74, 6) is -5.77. The third-order valence-corrected chi connectivity index (χ3v) is 7.70. The van der Waals surface area contributed by atoms with E-state index in [1.165, 1.54) is 25.6 Å². The number of fused-ring (bicyclic) bond motifs is 1. The summed E-state index contributed by atoms with van der Waals surface area (Å²) in [6.45, 7) is 2.70. The third kappa shape index (κ3) is 7.11. The first-order valence-electron chi connectivity index (χ1n) is 12.6. The van der Waals surface area contributed by atoms with Crippen molar-refractivity contribution in [1.82, 2.24) is 15.3 Å². The lowest BCUT2D eigenvalue weighted by atomic mass is 10.0. The van der Waals surface area contributed by atoms with Crippen LogP contribution in [0.5, 0.6) is 5.88 Å². The lowest BCUT2D eigenvalue weighted by Gasteiger charge is -2.30. The Bertz CT molecular complexity index is 1780. The number of aliphatic carboxylic acids is 1. The molecule has 10 nitrogen and oxygen atoms in total. The van der Waals surface area contributed by atoms with Gasteiger partial charge in [0.2, 0.25) is 5.88 Å². The van der Waals surface area contributed by atoms with E-state index in [1.54, 1.807) is 18.2 Å². The first-order chi connectivity index (χ1) is 20.7. The number of pyridine rings is 2. The molecule has 0 spiro atoms. The number of carboxylic acids is 1. The summed E-state index contributed by atoms with van der Waals surface area (Å²) in [6.07, 6.45) is -2.43. The topological polar surface area (TPSA) is 134 Å². The van der Waals surface area contributed by atoms with Crippen LogP contribution >= 0.6 is 0 Å². The number of carbonyl (C=O) groups is 1. The van der Waals surface area contributed by atoms with Gasteiger partial charge in [0.1, 0.15) is 17.3 Å². The molecule has 234 valence electrons. The molecule has 3 N–H and O–H groups in total. The van der Waals surface area contributed by atoms with Gasteiger partial charge >= 0.3 is 12.1 Å². The Morgan fingerprint density at radius 2 is 1.61 bits per heavy atom. The van der Waals surface area contributed by atoms with Gasteiger partial charge in [-0.25, -0.2) is 31.4 Å². The molecule has 0 saturated carbocycles. The van der Waals surface area contributed by atoms with Crippen LogP contribution in [-0.4, -0.2) is 68.9 Å². The Labute approximate surface area is 246 Å². The van der Waals surface area contributed by atoms with Crippen LogP contribution in [0.1, 0.15) is 0 Å². The molecule has 44 heavy (non-hydrogen) atoms. The molecule has 1 aliphatic heterocycles. The average molecular weight is 644 g/mol. The molecule has 0 amide bonds. The summed E-state index contributed by atoms with van der Waals surface area (Å²) in [7, 11) is -3.37. The van der Waals surface area contributed by atoms with Crippen molar-refractivity contribution in [2.24, 2.45) is 0 Å². The van der Waals surface area contributed by atoms with Gasteiger partial charge in [0.25, 0.3) is 10.0 Å². The fraction of sp³-hybridized carbons (Fsp3) is 0.222. The van der Waals surface area contributed by atoms with Crippen molar-refractivity contribution < 1.29 is 49.4 Å². The number of rotatable bonds is 6. The van der Waals surface area contributed by atoms with Crippen LogP contribution < -0.4 is 19.7 Å². The molecule has 2 aromatic heterocycles. The number of anilines is 2. The van der Waals surface area contributed by atoms with E-state index >= 15 is 0 Å². The lowest BCUT2D eigenvalue weighted by Crippen LogP contribution is -2.44. The van der Waals surface area contributed by atoms with Crippen LogP contribution in [0, 0.1) is 17.5 Å². The summed E-state index contributed by atoms with van der Waals surface area (Å²) in [6, 6.07) is 9.43. The second-order valence-corrected chi connectivity index (χ2v) is 10.8. The number of piperazine rings is 1. The van der Waals surface area contributed by atoms with Crippen LogP contribution in [-0.2, 0) is 14.8 Å². The quantitative estimate of drug-likeness (QED) is 0.259. The molecule has 3 heterocycles. The molecule has 1 aliphatic rings. The van der Waals surface area contributed by atoms with E-state index < -0.39 is 44.5 Å². The van der Waals surface area contributed by atoms with Crippen LogP contribution in [0.4, 0.5) is 37.7 Å². The Morgan fingerprint density at radius 3 is 2.20 bits per heavy atom. The van der Waals surface area contributed by atoms with Crippen molar-refractivity contribution in [3.8, 4) is 17.0 Å². The van der Waals surface area contributed by atoms with E-state index in [0.29, 0.717) is 40.8 Å². The van der Waals surface area contributed by atoms with Crippen molar-refractivity contribution >= 4 is 38.3 Å². The minimum atomic E-state index is -5.08. The van der Waals surface area contributed by atoms with Crippen LogP contribution in [0.15, 0.2) is 59.8 Å². The van der Waals surface area contributed by atoms with E-state index in [9.17, 15) is 34.8 Å². The van der Waals surface area contributed by atoms with Gasteiger partial charge in [-0.15, -0.1) is 0 Å². The molecule has 5 rings (SSSR count). The average Bonchev–Trinajstić information content (AvgIpc) is 2.96. The summed E-state index contributed by atoms with van der Waals surface area (Å²) in [5, 5.41) is 11.0. The van der Waals surface area contributed by atoms with Gasteiger partial charge in [0.15, 0.2) is 10.7 Å². The third-order valence-electron chi connectivity index (χ3n) is 6.28. The molecule has 4 aromatic rings. The molecule has 1 saturated heterocycles. The number of aromatic nitrogens is 2. The molecule has 0 atom stereocenters. The minimum Gasteiger partial charge on any atom is -0.480 e. The van der Waals surface area contributed by atoms with E-state index in [1.807, 2.05) is 4.90 Å². The first kappa shape index (κ1) is 32.3. The molecular weight excluding hydrogens is 620 g/mol. The summed E-state index contributed by atoms with van der Waals surface area (Å²) in [5.41, 5.74) is 1.97. The number of methoxy groups -OCH3 is 1. The van der Waals surface area contributed by atoms with Crippen LogP contribution in [0.3, 0.4) is 0 Å². The molecule has 2 aromatic carbocycles. The number of benzene rings is 2. The zero-order valence-corrected chi connectivity index (χ0v) is 23.4. The van der Waals surface area contributed by atoms with Gasteiger partial charge in [-0.3, -0.25) is 9.71 Å². The second-order valence-electron chi connectivity index (χ2n) is 9.16. The van der Waals surface area contributed by atoms with Gasteiger partial charge in [-0.1, -0.05) is 12.1 Å². The van der Waals surface area contributed by atoms with Crippen molar-refractivity contribution in [2.75, 3.05) is 42.9 Å². The molecule has 0 unspecified atom stereocenters. The number of alkyl halides is 3. The highest BCUT2D eigenvalue weighted by atomic mass is 32.2. The highest BCUT2D eigenvalue weighted by molar-refractivity contribution is 7.92. The molecule has 0 radical (unpaired) electrons. The highest BCUT2D eigenvalue weighted by Gasteiger charge is 2.38. The fourth-order valence-electron chi connectivity index (χ4n) is 4.32. The summed E-state index contributed by atoms with van der Waals surface area (Å²) < 4.78 is 108. The smallest absolute Gasteiger partial charge is 0.480 e. The van der Waals surface area contributed by atoms with Gasteiger partial charge in [0.05, 0.1) is 24.5 Å². The fourth-order valence-corrected chi connectivity index (χ4v) is 5.51. The Kier molecular flexibility index (Phi) is 9.48. The Balaban J connectivity index is 0.000000566. The maximum atomic E-state index is 14.9. The highest BCUT2D eigenvalue weighted by Crippen LogP contribution is 2.35. The number of halogens is 6. The zero-order valence-electron chi connectivity index (χ0n) is 22.6. The number of carboxylic acid groups (broad SMARTS) is 1. The number of hydrogen-bond donors (Lipinski definition) is 3. The second kappa shape index (κ2) is 12.9. The minimum absolute atomic E-state index is 0.0981. The van der Waals surface area contributed by atoms with Gasteiger partial charge < -0.3 is 20.1 Å². The molecule has 0 bridgehead atoms. The van der Waals surface area contributed by atoms with Crippen LogP contribution in [0.25, 0.3) is 22.0 Å². The van der Waals surface area contributed by atoms with Gasteiger partial charge in [-0.2, -0.15) is 13.2 Å². The van der Waals surface area contributed by atoms with Crippen molar-refractivity contribution in [2.45, 2.75) is 11.1 Å². The normalized spacial score (nSPS) is 13.7.